The van der Waals surface area contributed by atoms with Crippen molar-refractivity contribution >= 4 is 5.82 Å². The third-order valence-corrected chi connectivity index (χ3v) is 5.06. The molecule has 116 valence electrons. The Morgan fingerprint density at radius 3 is 2.71 bits per heavy atom. The Hall–Kier alpha value is -1.09. The average Bonchev–Trinajstić information content (AvgIpc) is 3.24. The molecule has 2 heterocycles. The van der Waals surface area contributed by atoms with Crippen molar-refractivity contribution in [1.29, 1.82) is 0 Å². The number of pyridine rings is 1. The molecular weight excluding hydrogens is 258 g/mol. The van der Waals surface area contributed by atoms with Gasteiger partial charge in [0.25, 0.3) is 0 Å². The predicted octanol–water partition coefficient (Wildman–Crippen LogP) is 3.51. The first-order valence-corrected chi connectivity index (χ1v) is 8.50. The summed E-state index contributed by atoms with van der Waals surface area (Å²) in [6.07, 6.45) is 4.02. The molecule has 0 spiro atoms. The Balaban J connectivity index is 1.79. The Morgan fingerprint density at radius 1 is 1.24 bits per heavy atom. The minimum atomic E-state index is 0.583. The van der Waals surface area contributed by atoms with E-state index in [0.717, 1.165) is 36.7 Å². The number of aromatic nitrogens is 1. The summed E-state index contributed by atoms with van der Waals surface area (Å²) < 4.78 is 0. The van der Waals surface area contributed by atoms with Crippen LogP contribution in [0.5, 0.6) is 0 Å². The molecule has 3 nitrogen and oxygen atoms in total. The zero-order valence-corrected chi connectivity index (χ0v) is 13.9. The van der Waals surface area contributed by atoms with Crippen molar-refractivity contribution in [3.8, 4) is 0 Å². The van der Waals surface area contributed by atoms with E-state index < -0.39 is 0 Å². The maximum absolute atomic E-state index is 4.82. The summed E-state index contributed by atoms with van der Waals surface area (Å²) in [7, 11) is 0. The Bertz CT molecular complexity index is 495. The number of hydrogen-bond acceptors (Lipinski definition) is 3. The van der Waals surface area contributed by atoms with Gasteiger partial charge in [0.05, 0.1) is 0 Å². The first-order chi connectivity index (χ1) is 10.0. The van der Waals surface area contributed by atoms with Gasteiger partial charge in [0, 0.05) is 30.9 Å². The van der Waals surface area contributed by atoms with Crippen LogP contribution >= 0.6 is 0 Å². The molecule has 3 atom stereocenters. The summed E-state index contributed by atoms with van der Waals surface area (Å²) in [5.41, 5.74) is 2.51. The molecule has 1 saturated heterocycles. The second-order valence-electron chi connectivity index (χ2n) is 7.34. The smallest absolute Gasteiger partial charge is 0.129 e. The number of piperidine rings is 1. The molecule has 1 aliphatic carbocycles. The van der Waals surface area contributed by atoms with Crippen LogP contribution in [-0.4, -0.2) is 23.6 Å². The van der Waals surface area contributed by atoms with E-state index >= 15 is 0 Å². The van der Waals surface area contributed by atoms with Crippen LogP contribution in [0.1, 0.15) is 51.3 Å². The summed E-state index contributed by atoms with van der Waals surface area (Å²) in [6.45, 7) is 11.3. The van der Waals surface area contributed by atoms with Crippen molar-refractivity contribution < 1.29 is 0 Å². The van der Waals surface area contributed by atoms with Gasteiger partial charge in [-0.2, -0.15) is 0 Å². The lowest BCUT2D eigenvalue weighted by atomic mass is 9.86. The van der Waals surface area contributed by atoms with Crippen LogP contribution in [0.25, 0.3) is 0 Å². The van der Waals surface area contributed by atoms with E-state index in [1.54, 1.807) is 0 Å². The van der Waals surface area contributed by atoms with Gasteiger partial charge in [0.2, 0.25) is 0 Å². The molecule has 0 radical (unpaired) electrons. The Morgan fingerprint density at radius 2 is 2.00 bits per heavy atom. The quantitative estimate of drug-likeness (QED) is 0.918. The second kappa shape index (κ2) is 5.96. The van der Waals surface area contributed by atoms with E-state index in [1.165, 1.54) is 30.6 Å². The molecule has 0 bridgehead atoms. The van der Waals surface area contributed by atoms with E-state index in [2.05, 4.69) is 50.0 Å². The number of nitrogens with zero attached hydrogens (tertiary/aromatic N) is 2. The number of hydrogen-bond donors (Lipinski definition) is 1. The summed E-state index contributed by atoms with van der Waals surface area (Å²) in [6, 6.07) is 5.86. The molecule has 21 heavy (non-hydrogen) atoms. The van der Waals surface area contributed by atoms with E-state index in [-0.39, 0.29) is 0 Å². The highest BCUT2D eigenvalue weighted by atomic mass is 15.2. The number of nitrogens with one attached hydrogen (secondary N) is 1. The largest absolute Gasteiger partial charge is 0.353 e. The third kappa shape index (κ3) is 3.57. The van der Waals surface area contributed by atoms with Gasteiger partial charge in [0.1, 0.15) is 5.82 Å². The molecule has 1 aromatic rings. The molecule has 0 amide bonds. The normalized spacial score (nSPS) is 29.7. The van der Waals surface area contributed by atoms with Crippen LogP contribution in [-0.2, 0) is 6.54 Å². The van der Waals surface area contributed by atoms with Crippen LogP contribution in [0.2, 0.25) is 0 Å². The van der Waals surface area contributed by atoms with E-state index in [1.807, 2.05) is 0 Å². The van der Waals surface area contributed by atoms with Crippen LogP contribution in [0, 0.1) is 18.8 Å². The zero-order valence-electron chi connectivity index (χ0n) is 13.9. The van der Waals surface area contributed by atoms with E-state index in [4.69, 9.17) is 4.98 Å². The molecule has 1 saturated carbocycles. The summed E-state index contributed by atoms with van der Waals surface area (Å²) in [4.78, 5) is 7.34. The molecular formula is C18H29N3. The molecule has 2 aliphatic rings. The maximum atomic E-state index is 4.82. The summed E-state index contributed by atoms with van der Waals surface area (Å²) in [5.74, 6) is 2.67. The van der Waals surface area contributed by atoms with Crippen LogP contribution < -0.4 is 10.2 Å². The average molecular weight is 287 g/mol. The summed E-state index contributed by atoms with van der Waals surface area (Å²) in [5, 5.41) is 3.61. The first-order valence-electron chi connectivity index (χ1n) is 8.50. The number of rotatable bonds is 4. The lowest BCUT2D eigenvalue weighted by Gasteiger charge is -2.42. The molecule has 0 aromatic carbocycles. The molecule has 1 N–H and O–H groups in total. The van der Waals surface area contributed by atoms with Gasteiger partial charge >= 0.3 is 0 Å². The minimum absolute atomic E-state index is 0.583. The van der Waals surface area contributed by atoms with Gasteiger partial charge in [-0.3, -0.25) is 0 Å². The molecule has 1 aliphatic heterocycles. The first kappa shape index (κ1) is 14.8. The Labute approximate surface area is 129 Å². The van der Waals surface area contributed by atoms with E-state index in [0.29, 0.717) is 6.04 Å². The molecule has 2 fully saturated rings. The molecule has 3 rings (SSSR count). The highest BCUT2D eigenvalue weighted by Gasteiger charge is 2.29. The fourth-order valence-corrected chi connectivity index (χ4v) is 3.54. The minimum Gasteiger partial charge on any atom is -0.353 e. The van der Waals surface area contributed by atoms with Gasteiger partial charge in [-0.05, 0) is 62.6 Å². The van der Waals surface area contributed by atoms with Crippen molar-refractivity contribution in [1.82, 2.24) is 10.3 Å². The lowest BCUT2D eigenvalue weighted by Crippen LogP contribution is -2.46. The number of anilines is 1. The van der Waals surface area contributed by atoms with Crippen molar-refractivity contribution in [3.63, 3.8) is 0 Å². The number of aryl methyl sites for hydroxylation is 1. The standard InChI is InChI=1S/C18H29N3/c1-12-7-13(2)15(4)21(11-12)18-9-16(8-14(3)20-18)10-19-17-5-6-17/h8-9,12-13,15,17,19H,5-7,10-11H2,1-4H3. The zero-order chi connectivity index (χ0) is 15.0. The lowest BCUT2D eigenvalue weighted by molar-refractivity contribution is 0.295. The third-order valence-electron chi connectivity index (χ3n) is 5.06. The molecule has 3 heteroatoms. The Kier molecular flexibility index (Phi) is 4.21. The molecule has 3 unspecified atom stereocenters. The van der Waals surface area contributed by atoms with Crippen molar-refractivity contribution in [2.45, 2.75) is 65.6 Å². The second-order valence-corrected chi connectivity index (χ2v) is 7.34. The van der Waals surface area contributed by atoms with E-state index in [9.17, 15) is 0 Å². The highest BCUT2D eigenvalue weighted by Crippen LogP contribution is 2.31. The van der Waals surface area contributed by atoms with Crippen molar-refractivity contribution in [3.05, 3.63) is 23.4 Å². The fraction of sp³-hybridized carbons (Fsp3) is 0.722. The maximum Gasteiger partial charge on any atom is 0.129 e. The van der Waals surface area contributed by atoms with Crippen LogP contribution in [0.4, 0.5) is 5.82 Å². The fourth-order valence-electron chi connectivity index (χ4n) is 3.54. The van der Waals surface area contributed by atoms with Crippen LogP contribution in [0.15, 0.2) is 12.1 Å². The predicted molar refractivity (Wildman–Crippen MR) is 88.6 cm³/mol. The monoisotopic (exact) mass is 287 g/mol. The van der Waals surface area contributed by atoms with Gasteiger partial charge in [0.15, 0.2) is 0 Å². The topological polar surface area (TPSA) is 28.2 Å². The van der Waals surface area contributed by atoms with Crippen molar-refractivity contribution in [2.24, 2.45) is 11.8 Å². The van der Waals surface area contributed by atoms with Gasteiger partial charge < -0.3 is 10.2 Å². The SMILES string of the molecule is Cc1cc(CNC2CC2)cc(N2CC(C)CC(C)C2C)n1. The van der Waals surface area contributed by atoms with Crippen LogP contribution in [0.3, 0.4) is 0 Å². The molecule has 1 aromatic heterocycles. The van der Waals surface area contributed by atoms with Gasteiger partial charge in [-0.15, -0.1) is 0 Å². The highest BCUT2D eigenvalue weighted by molar-refractivity contribution is 5.44. The van der Waals surface area contributed by atoms with Crippen molar-refractivity contribution in [2.75, 3.05) is 11.4 Å². The van der Waals surface area contributed by atoms with Gasteiger partial charge in [-0.25, -0.2) is 4.98 Å². The summed E-state index contributed by atoms with van der Waals surface area (Å²) >= 11 is 0. The van der Waals surface area contributed by atoms with Gasteiger partial charge in [-0.1, -0.05) is 13.8 Å².